The number of aliphatic hydroxyl groups is 1. The minimum atomic E-state index is -1.12. The molecule has 2 heterocycles. The number of aromatic carboxylic acids is 1. The maximum absolute atomic E-state index is 13.5. The lowest BCUT2D eigenvalue weighted by Crippen LogP contribution is -2.30. The quantitative estimate of drug-likeness (QED) is 0.184. The van der Waals surface area contributed by atoms with E-state index < -0.39 is 29.5 Å². The molecule has 3 aromatic carbocycles. The number of methoxy groups -OCH3 is 1. The number of Topliss-reactive ketones (excluding diaryl/α,β-unsaturated/α-hetero) is 1. The van der Waals surface area contributed by atoms with Crippen molar-refractivity contribution in [1.29, 1.82) is 0 Å². The van der Waals surface area contributed by atoms with E-state index in [0.29, 0.717) is 22.2 Å². The molecule has 10 heteroatoms. The maximum atomic E-state index is 13.5. The third kappa shape index (κ3) is 4.06. The summed E-state index contributed by atoms with van der Waals surface area (Å²) in [6.45, 7) is 3.65. The molecular formula is C28H22ClN3O6. The number of hydrogen-bond donors (Lipinski definition) is 3. The third-order valence-electron chi connectivity index (χ3n) is 6.39. The van der Waals surface area contributed by atoms with E-state index in [1.807, 2.05) is 19.1 Å². The predicted molar refractivity (Wildman–Crippen MR) is 142 cm³/mol. The second kappa shape index (κ2) is 9.35. The average Bonchev–Trinajstić information content (AvgIpc) is 3.40. The summed E-state index contributed by atoms with van der Waals surface area (Å²) < 4.78 is 5.41. The first-order chi connectivity index (χ1) is 18.1. The SMILES string of the molecule is COc1c(Cl)cc(C)cc1/C(O)=C1\C(=O)C(=O)N(c2nc3ccc(C(=O)O)cc3[nH]2)C1c1cccc(C)c1. The number of anilines is 1. The molecule has 0 spiro atoms. The van der Waals surface area contributed by atoms with Gasteiger partial charge in [-0.1, -0.05) is 41.4 Å². The zero-order valence-corrected chi connectivity index (χ0v) is 21.3. The van der Waals surface area contributed by atoms with E-state index in [0.717, 1.165) is 5.56 Å². The largest absolute Gasteiger partial charge is 0.507 e. The first-order valence-corrected chi connectivity index (χ1v) is 11.9. The molecule has 0 radical (unpaired) electrons. The highest BCUT2D eigenvalue weighted by atomic mass is 35.5. The number of aryl methyl sites for hydroxylation is 2. The number of ketones is 1. The van der Waals surface area contributed by atoms with Crippen molar-refractivity contribution in [3.8, 4) is 5.75 Å². The Balaban J connectivity index is 1.77. The van der Waals surface area contributed by atoms with Crippen LogP contribution < -0.4 is 9.64 Å². The molecule has 1 atom stereocenters. The van der Waals surface area contributed by atoms with Gasteiger partial charge in [-0.3, -0.25) is 14.5 Å². The number of carboxylic acids is 1. The van der Waals surface area contributed by atoms with E-state index >= 15 is 0 Å². The van der Waals surface area contributed by atoms with Gasteiger partial charge in [0.15, 0.2) is 0 Å². The maximum Gasteiger partial charge on any atom is 0.335 e. The van der Waals surface area contributed by atoms with E-state index in [1.165, 1.54) is 30.2 Å². The Hall–Kier alpha value is -4.63. The van der Waals surface area contributed by atoms with Crippen molar-refractivity contribution >= 4 is 52.0 Å². The van der Waals surface area contributed by atoms with Crippen LogP contribution in [0.1, 0.15) is 38.7 Å². The molecule has 1 aliphatic rings. The fraction of sp³-hybridized carbons (Fsp3) is 0.143. The lowest BCUT2D eigenvalue weighted by atomic mass is 9.94. The van der Waals surface area contributed by atoms with Crippen molar-refractivity contribution in [2.75, 3.05) is 12.0 Å². The summed E-state index contributed by atoms with van der Waals surface area (Å²) in [5.41, 5.74) is 2.98. The summed E-state index contributed by atoms with van der Waals surface area (Å²) in [4.78, 5) is 47.0. The number of amides is 1. The zero-order chi connectivity index (χ0) is 27.3. The van der Waals surface area contributed by atoms with Crippen molar-refractivity contribution in [1.82, 2.24) is 9.97 Å². The number of benzene rings is 3. The van der Waals surface area contributed by atoms with Gasteiger partial charge >= 0.3 is 11.9 Å². The molecule has 0 saturated carbocycles. The summed E-state index contributed by atoms with van der Waals surface area (Å²) in [5.74, 6) is -3.19. The van der Waals surface area contributed by atoms with Gasteiger partial charge in [0.2, 0.25) is 5.95 Å². The van der Waals surface area contributed by atoms with Crippen molar-refractivity contribution in [3.63, 3.8) is 0 Å². The molecule has 1 aromatic heterocycles. The average molecular weight is 532 g/mol. The number of hydrogen-bond acceptors (Lipinski definition) is 6. The van der Waals surface area contributed by atoms with Crippen LogP contribution in [0.5, 0.6) is 5.75 Å². The highest BCUT2D eigenvalue weighted by molar-refractivity contribution is 6.51. The van der Waals surface area contributed by atoms with Gasteiger partial charge in [0.05, 0.1) is 45.9 Å². The molecule has 38 heavy (non-hydrogen) atoms. The van der Waals surface area contributed by atoms with Gasteiger partial charge in [-0.2, -0.15) is 0 Å². The van der Waals surface area contributed by atoms with Gasteiger partial charge in [0, 0.05) is 0 Å². The molecule has 5 rings (SSSR count). The number of H-pyrrole nitrogens is 1. The Morgan fingerprint density at radius 2 is 1.82 bits per heavy atom. The number of nitrogens with zero attached hydrogens (tertiary/aromatic N) is 2. The predicted octanol–water partition coefficient (Wildman–Crippen LogP) is 5.17. The second-order valence-corrected chi connectivity index (χ2v) is 9.42. The molecule has 1 fully saturated rings. The number of rotatable bonds is 5. The molecule has 9 nitrogen and oxygen atoms in total. The molecule has 1 unspecified atom stereocenters. The Kier molecular flexibility index (Phi) is 6.16. The number of aromatic amines is 1. The van der Waals surface area contributed by atoms with E-state index in [9.17, 15) is 24.6 Å². The van der Waals surface area contributed by atoms with Crippen LogP contribution in [0.3, 0.4) is 0 Å². The number of carbonyl (C=O) groups excluding carboxylic acids is 2. The van der Waals surface area contributed by atoms with E-state index in [-0.39, 0.29) is 33.4 Å². The van der Waals surface area contributed by atoms with E-state index in [4.69, 9.17) is 16.3 Å². The minimum Gasteiger partial charge on any atom is -0.507 e. The molecule has 1 amide bonds. The molecule has 0 bridgehead atoms. The molecule has 1 saturated heterocycles. The number of carbonyl (C=O) groups is 3. The number of ether oxygens (including phenoxy) is 1. The third-order valence-corrected chi connectivity index (χ3v) is 6.67. The summed E-state index contributed by atoms with van der Waals surface area (Å²) >= 11 is 6.35. The minimum absolute atomic E-state index is 0.0319. The van der Waals surface area contributed by atoms with Crippen LogP contribution in [0.25, 0.3) is 16.8 Å². The van der Waals surface area contributed by atoms with Crippen LogP contribution in [-0.2, 0) is 9.59 Å². The summed E-state index contributed by atoms with van der Waals surface area (Å²) in [5, 5.41) is 21.1. The summed E-state index contributed by atoms with van der Waals surface area (Å²) in [6, 6.07) is 13.7. The molecule has 4 aromatic rings. The van der Waals surface area contributed by atoms with Crippen LogP contribution in [-0.4, -0.2) is 45.0 Å². The van der Waals surface area contributed by atoms with Crippen molar-refractivity contribution in [2.45, 2.75) is 19.9 Å². The van der Waals surface area contributed by atoms with Gasteiger partial charge in [0.1, 0.15) is 11.5 Å². The fourth-order valence-electron chi connectivity index (χ4n) is 4.71. The molecular weight excluding hydrogens is 510 g/mol. The van der Waals surface area contributed by atoms with Crippen LogP contribution >= 0.6 is 11.6 Å². The van der Waals surface area contributed by atoms with Crippen LogP contribution in [0.2, 0.25) is 5.02 Å². The lowest BCUT2D eigenvalue weighted by molar-refractivity contribution is -0.132. The lowest BCUT2D eigenvalue weighted by Gasteiger charge is -2.23. The molecule has 1 aliphatic heterocycles. The standard InChI is InChI=1S/C28H22ClN3O6/c1-13-5-4-6-15(9-13)22-21(23(33)17-10-14(2)11-18(29)25(17)38-3)24(34)26(35)32(22)28-30-19-8-7-16(27(36)37)12-20(19)31-28/h4-12,22,33H,1-3H3,(H,30,31)(H,36,37)/b23-21+. The Morgan fingerprint density at radius 1 is 1.05 bits per heavy atom. The zero-order valence-electron chi connectivity index (χ0n) is 20.6. The number of nitrogens with one attached hydrogen (secondary N) is 1. The highest BCUT2D eigenvalue weighted by Crippen LogP contribution is 2.44. The van der Waals surface area contributed by atoms with E-state index in [1.54, 1.807) is 31.2 Å². The number of halogens is 1. The fourth-order valence-corrected chi connectivity index (χ4v) is 5.06. The summed E-state index contributed by atoms with van der Waals surface area (Å²) in [6.07, 6.45) is 0. The normalized spacial score (nSPS) is 16.8. The smallest absolute Gasteiger partial charge is 0.335 e. The number of aromatic nitrogens is 2. The molecule has 192 valence electrons. The topological polar surface area (TPSA) is 133 Å². The second-order valence-electron chi connectivity index (χ2n) is 9.01. The Labute approximate surface area is 221 Å². The van der Waals surface area contributed by atoms with Gasteiger partial charge in [-0.15, -0.1) is 0 Å². The highest BCUT2D eigenvalue weighted by Gasteiger charge is 2.48. The van der Waals surface area contributed by atoms with Crippen molar-refractivity contribution < 1.29 is 29.3 Å². The van der Waals surface area contributed by atoms with E-state index in [2.05, 4.69) is 9.97 Å². The number of imidazole rings is 1. The number of aliphatic hydroxyl groups excluding tert-OH is 1. The van der Waals surface area contributed by atoms with Gasteiger partial charge < -0.3 is 19.9 Å². The van der Waals surface area contributed by atoms with Crippen LogP contribution in [0.4, 0.5) is 5.95 Å². The monoisotopic (exact) mass is 531 g/mol. The van der Waals surface area contributed by atoms with Gasteiger partial charge in [-0.05, 0) is 55.3 Å². The van der Waals surface area contributed by atoms with Crippen LogP contribution in [0.15, 0.2) is 60.2 Å². The van der Waals surface area contributed by atoms with Crippen molar-refractivity contribution in [2.24, 2.45) is 0 Å². The van der Waals surface area contributed by atoms with Gasteiger partial charge in [-0.25, -0.2) is 9.78 Å². The van der Waals surface area contributed by atoms with Gasteiger partial charge in [0.25, 0.3) is 5.78 Å². The Bertz CT molecular complexity index is 1690. The first-order valence-electron chi connectivity index (χ1n) is 11.6. The number of carboxylic acid groups (broad SMARTS) is 1. The molecule has 3 N–H and O–H groups in total. The van der Waals surface area contributed by atoms with Crippen LogP contribution in [0, 0.1) is 13.8 Å². The van der Waals surface area contributed by atoms with Crippen molar-refractivity contribution in [3.05, 3.63) is 93.0 Å². The number of fused-ring (bicyclic) bond motifs is 1. The summed E-state index contributed by atoms with van der Waals surface area (Å²) in [7, 11) is 1.39. The molecule has 0 aliphatic carbocycles. The first kappa shape index (κ1) is 25.0. The Morgan fingerprint density at radius 3 is 2.50 bits per heavy atom.